The van der Waals surface area contributed by atoms with Gasteiger partial charge in [0.1, 0.15) is 0 Å². The highest BCUT2D eigenvalue weighted by Crippen LogP contribution is 2.31. The Kier molecular flexibility index (Phi) is 4.26. The lowest BCUT2D eigenvalue weighted by molar-refractivity contribution is 0.0619. The third-order valence-corrected chi connectivity index (χ3v) is 4.51. The number of hydrogen-bond donors (Lipinski definition) is 1. The zero-order valence-corrected chi connectivity index (χ0v) is 11.1. The van der Waals surface area contributed by atoms with Crippen molar-refractivity contribution in [2.75, 3.05) is 19.6 Å². The first kappa shape index (κ1) is 12.4. The van der Waals surface area contributed by atoms with Crippen molar-refractivity contribution >= 4 is 0 Å². The van der Waals surface area contributed by atoms with E-state index in [9.17, 15) is 0 Å². The van der Waals surface area contributed by atoms with Crippen molar-refractivity contribution in [3.05, 3.63) is 0 Å². The van der Waals surface area contributed by atoms with E-state index >= 15 is 0 Å². The summed E-state index contributed by atoms with van der Waals surface area (Å²) in [5, 5.41) is 3.85. The van der Waals surface area contributed by atoms with Crippen LogP contribution in [-0.4, -0.2) is 36.1 Å². The highest BCUT2D eigenvalue weighted by Gasteiger charge is 2.38. The first-order valence-corrected chi connectivity index (χ1v) is 7.25. The molecular formula is C14H28N2. The molecule has 2 heteroatoms. The molecule has 0 aromatic heterocycles. The standard InChI is InChI=1S/C14H28N2/c1-3-4-10-16-12-14(15-11-13(16)2)8-6-5-7-9-14/h13,15H,3-12H2,1-2H3. The Morgan fingerprint density at radius 1 is 1.25 bits per heavy atom. The van der Waals surface area contributed by atoms with Gasteiger partial charge in [0.2, 0.25) is 0 Å². The van der Waals surface area contributed by atoms with Crippen LogP contribution in [0.5, 0.6) is 0 Å². The van der Waals surface area contributed by atoms with Crippen molar-refractivity contribution in [1.82, 2.24) is 10.2 Å². The molecule has 1 aliphatic carbocycles. The van der Waals surface area contributed by atoms with Crippen molar-refractivity contribution in [1.29, 1.82) is 0 Å². The Balaban J connectivity index is 1.92. The molecule has 1 saturated heterocycles. The Morgan fingerprint density at radius 3 is 2.69 bits per heavy atom. The van der Waals surface area contributed by atoms with Crippen molar-refractivity contribution in [3.63, 3.8) is 0 Å². The average molecular weight is 224 g/mol. The summed E-state index contributed by atoms with van der Waals surface area (Å²) in [4.78, 5) is 2.73. The summed E-state index contributed by atoms with van der Waals surface area (Å²) in [5.41, 5.74) is 0.485. The third-order valence-electron chi connectivity index (χ3n) is 4.51. The minimum atomic E-state index is 0.485. The van der Waals surface area contributed by atoms with Crippen LogP contribution in [0.25, 0.3) is 0 Å². The molecule has 2 rings (SSSR count). The van der Waals surface area contributed by atoms with E-state index in [1.165, 1.54) is 64.6 Å². The fraction of sp³-hybridized carbons (Fsp3) is 1.00. The van der Waals surface area contributed by atoms with Crippen LogP contribution in [0.1, 0.15) is 58.8 Å². The molecule has 1 atom stereocenters. The van der Waals surface area contributed by atoms with Gasteiger partial charge in [-0.15, -0.1) is 0 Å². The van der Waals surface area contributed by atoms with Crippen molar-refractivity contribution in [3.8, 4) is 0 Å². The summed E-state index contributed by atoms with van der Waals surface area (Å²) in [5.74, 6) is 0. The number of rotatable bonds is 3. The van der Waals surface area contributed by atoms with Gasteiger partial charge in [-0.3, -0.25) is 4.90 Å². The second kappa shape index (κ2) is 5.50. The van der Waals surface area contributed by atoms with Gasteiger partial charge < -0.3 is 5.32 Å². The second-order valence-electron chi connectivity index (χ2n) is 5.89. The molecule has 2 fully saturated rings. The Hall–Kier alpha value is -0.0800. The van der Waals surface area contributed by atoms with E-state index in [-0.39, 0.29) is 0 Å². The fourth-order valence-electron chi connectivity index (χ4n) is 3.32. The minimum absolute atomic E-state index is 0.485. The quantitative estimate of drug-likeness (QED) is 0.793. The van der Waals surface area contributed by atoms with Gasteiger partial charge in [0.25, 0.3) is 0 Å². The molecule has 0 radical (unpaired) electrons. The minimum Gasteiger partial charge on any atom is -0.308 e. The van der Waals surface area contributed by atoms with Gasteiger partial charge in [-0.2, -0.15) is 0 Å². The highest BCUT2D eigenvalue weighted by atomic mass is 15.2. The first-order valence-electron chi connectivity index (χ1n) is 7.25. The van der Waals surface area contributed by atoms with E-state index in [4.69, 9.17) is 0 Å². The Bertz CT molecular complexity index is 209. The molecule has 1 saturated carbocycles. The van der Waals surface area contributed by atoms with Gasteiger partial charge in [-0.25, -0.2) is 0 Å². The summed E-state index contributed by atoms with van der Waals surface area (Å²) < 4.78 is 0. The molecule has 16 heavy (non-hydrogen) atoms. The van der Waals surface area contributed by atoms with Crippen LogP contribution in [0.15, 0.2) is 0 Å². The predicted molar refractivity (Wildman–Crippen MR) is 69.8 cm³/mol. The zero-order chi connectivity index (χ0) is 11.4. The molecule has 0 amide bonds. The Labute approximate surface area is 101 Å². The average Bonchev–Trinajstić information content (AvgIpc) is 2.32. The summed E-state index contributed by atoms with van der Waals surface area (Å²) in [6, 6.07) is 0.735. The number of piperazine rings is 1. The molecular weight excluding hydrogens is 196 g/mol. The van der Waals surface area contributed by atoms with Crippen LogP contribution >= 0.6 is 0 Å². The lowest BCUT2D eigenvalue weighted by Gasteiger charge is -2.49. The van der Waals surface area contributed by atoms with Crippen LogP contribution in [0.2, 0.25) is 0 Å². The second-order valence-corrected chi connectivity index (χ2v) is 5.89. The molecule has 1 unspecified atom stereocenters. The third kappa shape index (κ3) is 2.78. The van der Waals surface area contributed by atoms with Gasteiger partial charge in [0.15, 0.2) is 0 Å². The molecule has 1 spiro atoms. The van der Waals surface area contributed by atoms with Gasteiger partial charge in [0, 0.05) is 24.7 Å². The molecule has 1 heterocycles. The number of hydrogen-bond acceptors (Lipinski definition) is 2. The van der Waals surface area contributed by atoms with Crippen LogP contribution in [0.4, 0.5) is 0 Å². The maximum absolute atomic E-state index is 3.85. The van der Waals surface area contributed by atoms with Gasteiger partial charge >= 0.3 is 0 Å². The molecule has 94 valence electrons. The molecule has 2 aliphatic rings. The molecule has 0 aromatic carbocycles. The van der Waals surface area contributed by atoms with E-state index in [1.54, 1.807) is 0 Å². The molecule has 1 N–H and O–H groups in total. The van der Waals surface area contributed by atoms with Gasteiger partial charge in [0.05, 0.1) is 0 Å². The van der Waals surface area contributed by atoms with Crippen LogP contribution in [-0.2, 0) is 0 Å². The predicted octanol–water partition coefficient (Wildman–Crippen LogP) is 2.78. The monoisotopic (exact) mass is 224 g/mol. The molecule has 0 aromatic rings. The topological polar surface area (TPSA) is 15.3 Å². The smallest absolute Gasteiger partial charge is 0.0309 e. The summed E-state index contributed by atoms with van der Waals surface area (Å²) in [6.45, 7) is 8.47. The van der Waals surface area contributed by atoms with Gasteiger partial charge in [-0.1, -0.05) is 32.6 Å². The van der Waals surface area contributed by atoms with E-state index in [0.29, 0.717) is 5.54 Å². The van der Waals surface area contributed by atoms with E-state index in [1.807, 2.05) is 0 Å². The number of nitrogens with one attached hydrogen (secondary N) is 1. The Morgan fingerprint density at radius 2 is 2.00 bits per heavy atom. The van der Waals surface area contributed by atoms with E-state index < -0.39 is 0 Å². The van der Waals surface area contributed by atoms with Crippen LogP contribution in [0, 0.1) is 0 Å². The number of unbranched alkanes of at least 4 members (excludes halogenated alkanes) is 1. The highest BCUT2D eigenvalue weighted by molar-refractivity contribution is 4.98. The summed E-state index contributed by atoms with van der Waals surface area (Å²) in [6.07, 6.45) is 9.81. The first-order chi connectivity index (χ1) is 7.76. The SMILES string of the molecule is CCCCN1CC2(CCCCC2)NCC1C. The van der Waals surface area contributed by atoms with E-state index in [2.05, 4.69) is 24.1 Å². The molecule has 1 aliphatic heterocycles. The molecule has 2 nitrogen and oxygen atoms in total. The maximum Gasteiger partial charge on any atom is 0.0309 e. The zero-order valence-electron chi connectivity index (χ0n) is 11.1. The van der Waals surface area contributed by atoms with Crippen LogP contribution in [0.3, 0.4) is 0 Å². The van der Waals surface area contributed by atoms with Crippen molar-refractivity contribution in [2.45, 2.75) is 70.4 Å². The summed E-state index contributed by atoms with van der Waals surface area (Å²) >= 11 is 0. The van der Waals surface area contributed by atoms with Crippen molar-refractivity contribution in [2.24, 2.45) is 0 Å². The largest absolute Gasteiger partial charge is 0.308 e. The van der Waals surface area contributed by atoms with E-state index in [0.717, 1.165) is 6.04 Å². The lowest BCUT2D eigenvalue weighted by Crippen LogP contribution is -2.64. The van der Waals surface area contributed by atoms with Crippen molar-refractivity contribution < 1.29 is 0 Å². The van der Waals surface area contributed by atoms with Crippen LogP contribution < -0.4 is 5.32 Å². The lowest BCUT2D eigenvalue weighted by atomic mass is 9.79. The molecule has 0 bridgehead atoms. The maximum atomic E-state index is 3.85. The summed E-state index contributed by atoms with van der Waals surface area (Å²) in [7, 11) is 0. The van der Waals surface area contributed by atoms with Gasteiger partial charge in [-0.05, 0) is 32.7 Å². The number of nitrogens with zero attached hydrogens (tertiary/aromatic N) is 1. The fourth-order valence-corrected chi connectivity index (χ4v) is 3.32. The normalized spacial score (nSPS) is 30.8.